The lowest BCUT2D eigenvalue weighted by atomic mass is 10.1. The highest BCUT2D eigenvalue weighted by molar-refractivity contribution is 7.11. The van der Waals surface area contributed by atoms with Crippen molar-refractivity contribution in [2.24, 2.45) is 0 Å². The summed E-state index contributed by atoms with van der Waals surface area (Å²) in [5, 5.41) is 14.6. The summed E-state index contributed by atoms with van der Waals surface area (Å²) in [5.74, 6) is 0.319. The first-order chi connectivity index (χ1) is 15.1. The molecule has 0 fully saturated rings. The van der Waals surface area contributed by atoms with Crippen molar-refractivity contribution in [1.82, 2.24) is 4.98 Å². The Hall–Kier alpha value is -3.95. The van der Waals surface area contributed by atoms with Gasteiger partial charge in [0.15, 0.2) is 11.5 Å². The number of fused-ring (bicyclic) bond motifs is 1. The van der Waals surface area contributed by atoms with Crippen molar-refractivity contribution >= 4 is 39.7 Å². The molecule has 4 aromatic rings. The molecule has 152 valence electrons. The van der Waals surface area contributed by atoms with Gasteiger partial charge >= 0.3 is 5.97 Å². The summed E-state index contributed by atoms with van der Waals surface area (Å²) < 4.78 is 10.4. The average molecular weight is 426 g/mol. The molecule has 1 heterocycles. The van der Waals surface area contributed by atoms with Crippen LogP contribution in [-0.4, -0.2) is 18.1 Å². The summed E-state index contributed by atoms with van der Waals surface area (Å²) in [4.78, 5) is 15.9. The number of carbonyl (C=O) groups excluding carboxylic acids is 1. The molecule has 1 aromatic heterocycles. The van der Waals surface area contributed by atoms with Crippen LogP contribution in [0.3, 0.4) is 0 Å². The number of nitriles is 1. The van der Waals surface area contributed by atoms with Gasteiger partial charge in [0.05, 0.1) is 18.4 Å². The number of rotatable bonds is 5. The van der Waals surface area contributed by atoms with E-state index in [9.17, 15) is 10.1 Å². The smallest absolute Gasteiger partial charge is 0.308 e. The number of benzene rings is 3. The molecule has 5 nitrogen and oxygen atoms in total. The molecule has 0 radical (unpaired) electrons. The number of esters is 1. The van der Waals surface area contributed by atoms with E-state index in [4.69, 9.17) is 9.47 Å². The SMILES string of the molecule is COc1cc(/C=C(/C#N)c2nc(-c3ccc4ccccc4c3)cs2)ccc1OC(C)=O. The molecule has 3 aromatic carbocycles. The molecule has 0 amide bonds. The lowest BCUT2D eigenvalue weighted by Gasteiger charge is -2.08. The van der Waals surface area contributed by atoms with Gasteiger partial charge in [0.2, 0.25) is 0 Å². The molecule has 0 N–H and O–H groups in total. The van der Waals surface area contributed by atoms with Crippen molar-refractivity contribution in [1.29, 1.82) is 5.26 Å². The molecule has 0 saturated heterocycles. The lowest BCUT2D eigenvalue weighted by molar-refractivity contribution is -0.132. The van der Waals surface area contributed by atoms with Gasteiger partial charge in [-0.05, 0) is 40.6 Å². The molecule has 0 aliphatic rings. The third kappa shape index (κ3) is 4.47. The van der Waals surface area contributed by atoms with Gasteiger partial charge in [-0.15, -0.1) is 11.3 Å². The topological polar surface area (TPSA) is 72.2 Å². The molecule has 0 atom stereocenters. The quantitative estimate of drug-likeness (QED) is 0.224. The number of aromatic nitrogens is 1. The van der Waals surface area contributed by atoms with E-state index in [2.05, 4.69) is 35.3 Å². The van der Waals surface area contributed by atoms with Gasteiger partial charge in [-0.2, -0.15) is 5.26 Å². The highest BCUT2D eigenvalue weighted by Gasteiger charge is 2.12. The lowest BCUT2D eigenvalue weighted by Crippen LogP contribution is -2.03. The van der Waals surface area contributed by atoms with Gasteiger partial charge < -0.3 is 9.47 Å². The van der Waals surface area contributed by atoms with Gasteiger partial charge in [-0.3, -0.25) is 4.79 Å². The minimum atomic E-state index is -0.427. The van der Waals surface area contributed by atoms with Gasteiger partial charge in [0, 0.05) is 17.9 Å². The Labute approximate surface area is 183 Å². The zero-order valence-electron chi connectivity index (χ0n) is 17.0. The molecule has 0 unspecified atom stereocenters. The molecular formula is C25H18N2O3S. The van der Waals surface area contributed by atoms with E-state index in [1.807, 2.05) is 23.6 Å². The molecule has 0 spiro atoms. The van der Waals surface area contributed by atoms with Crippen LogP contribution < -0.4 is 9.47 Å². The van der Waals surface area contributed by atoms with Crippen molar-refractivity contribution in [3.05, 3.63) is 76.6 Å². The van der Waals surface area contributed by atoms with Gasteiger partial charge in [-0.25, -0.2) is 4.98 Å². The normalized spacial score (nSPS) is 11.2. The molecule has 6 heteroatoms. The number of nitrogens with zero attached hydrogens (tertiary/aromatic N) is 2. The second-order valence-electron chi connectivity index (χ2n) is 6.77. The minimum absolute atomic E-state index is 0.332. The molecule has 0 aliphatic heterocycles. The Morgan fingerprint density at radius 1 is 1.06 bits per heavy atom. The maximum absolute atomic E-state index is 11.2. The fraction of sp³-hybridized carbons (Fsp3) is 0.0800. The van der Waals surface area contributed by atoms with Crippen molar-refractivity contribution in [2.75, 3.05) is 7.11 Å². The number of thiazole rings is 1. The molecule has 0 aliphatic carbocycles. The Morgan fingerprint density at radius 2 is 1.87 bits per heavy atom. The van der Waals surface area contributed by atoms with Crippen LogP contribution in [0.5, 0.6) is 11.5 Å². The molecular weight excluding hydrogens is 408 g/mol. The van der Waals surface area contributed by atoms with E-state index in [1.165, 1.54) is 30.8 Å². The van der Waals surface area contributed by atoms with Crippen LogP contribution in [0, 0.1) is 11.3 Å². The number of hydrogen-bond donors (Lipinski definition) is 0. The number of methoxy groups -OCH3 is 1. The molecule has 31 heavy (non-hydrogen) atoms. The predicted octanol–water partition coefficient (Wildman–Crippen LogP) is 5.96. The Balaban J connectivity index is 1.65. The predicted molar refractivity (Wildman–Crippen MR) is 123 cm³/mol. The average Bonchev–Trinajstić information content (AvgIpc) is 3.27. The first kappa shape index (κ1) is 20.3. The van der Waals surface area contributed by atoms with Crippen LogP contribution in [0.25, 0.3) is 33.7 Å². The summed E-state index contributed by atoms with van der Waals surface area (Å²) in [5.41, 5.74) is 3.02. The van der Waals surface area contributed by atoms with Crippen molar-refractivity contribution in [2.45, 2.75) is 6.92 Å². The second kappa shape index (κ2) is 8.82. The van der Waals surface area contributed by atoms with Crippen LogP contribution >= 0.6 is 11.3 Å². The standard InChI is InChI=1S/C25H18N2O3S/c1-16(28)30-23-10-7-17(12-24(23)29-2)11-21(14-26)25-27-22(15-31-25)20-9-8-18-5-3-4-6-19(18)13-20/h3-13,15H,1-2H3/b21-11-. The van der Waals surface area contributed by atoms with Crippen LogP contribution in [0.15, 0.2) is 66.0 Å². The first-order valence-corrected chi connectivity index (χ1v) is 10.4. The fourth-order valence-corrected chi connectivity index (χ4v) is 3.99. The summed E-state index contributed by atoms with van der Waals surface area (Å²) in [6, 6.07) is 21.7. The summed E-state index contributed by atoms with van der Waals surface area (Å²) >= 11 is 1.42. The van der Waals surface area contributed by atoms with Gasteiger partial charge in [0.1, 0.15) is 11.1 Å². The van der Waals surface area contributed by atoms with Gasteiger partial charge in [-0.1, -0.05) is 42.5 Å². The third-order valence-corrected chi connectivity index (χ3v) is 5.53. The van der Waals surface area contributed by atoms with Crippen molar-refractivity contribution < 1.29 is 14.3 Å². The maximum atomic E-state index is 11.2. The summed E-state index contributed by atoms with van der Waals surface area (Å²) in [7, 11) is 1.50. The van der Waals surface area contributed by atoms with Crippen LogP contribution in [0.4, 0.5) is 0 Å². The largest absolute Gasteiger partial charge is 0.493 e. The molecule has 0 saturated carbocycles. The zero-order chi connectivity index (χ0) is 21.8. The number of hydrogen-bond acceptors (Lipinski definition) is 6. The zero-order valence-corrected chi connectivity index (χ0v) is 17.8. The van der Waals surface area contributed by atoms with E-state index in [-0.39, 0.29) is 0 Å². The third-order valence-electron chi connectivity index (χ3n) is 4.65. The Kier molecular flexibility index (Phi) is 5.78. The van der Waals surface area contributed by atoms with Crippen LogP contribution in [0.1, 0.15) is 17.5 Å². The Morgan fingerprint density at radius 3 is 2.61 bits per heavy atom. The molecule has 4 rings (SSSR count). The first-order valence-electron chi connectivity index (χ1n) is 9.50. The highest BCUT2D eigenvalue weighted by Crippen LogP contribution is 2.32. The fourth-order valence-electron chi connectivity index (χ4n) is 3.20. The minimum Gasteiger partial charge on any atom is -0.493 e. The number of ether oxygens (including phenoxy) is 2. The van der Waals surface area contributed by atoms with E-state index < -0.39 is 5.97 Å². The Bertz CT molecular complexity index is 1350. The van der Waals surface area contributed by atoms with Gasteiger partial charge in [0.25, 0.3) is 0 Å². The van der Waals surface area contributed by atoms with Crippen LogP contribution in [0.2, 0.25) is 0 Å². The van der Waals surface area contributed by atoms with E-state index in [0.29, 0.717) is 22.1 Å². The highest BCUT2D eigenvalue weighted by atomic mass is 32.1. The van der Waals surface area contributed by atoms with E-state index in [0.717, 1.165) is 22.2 Å². The van der Waals surface area contributed by atoms with Crippen LogP contribution in [-0.2, 0) is 4.79 Å². The van der Waals surface area contributed by atoms with Crippen molar-refractivity contribution in [3.63, 3.8) is 0 Å². The van der Waals surface area contributed by atoms with Crippen molar-refractivity contribution in [3.8, 4) is 28.8 Å². The number of allylic oxidation sites excluding steroid dienone is 1. The van der Waals surface area contributed by atoms with E-state index in [1.54, 1.807) is 24.3 Å². The monoisotopic (exact) mass is 426 g/mol. The van der Waals surface area contributed by atoms with E-state index >= 15 is 0 Å². The summed E-state index contributed by atoms with van der Waals surface area (Å²) in [6.45, 7) is 1.33. The maximum Gasteiger partial charge on any atom is 0.308 e. The second-order valence-corrected chi connectivity index (χ2v) is 7.63. The molecule has 0 bridgehead atoms. The summed E-state index contributed by atoms with van der Waals surface area (Å²) in [6.07, 6.45) is 1.74. The number of carbonyl (C=O) groups is 1.